The molecule has 1 atom stereocenters. The number of methoxy groups -OCH3 is 1. The highest BCUT2D eigenvalue weighted by molar-refractivity contribution is 9.10. The average Bonchev–Trinajstić information content (AvgIpc) is 3.30. The first-order chi connectivity index (χ1) is 22.6. The zero-order valence-electron chi connectivity index (χ0n) is 28.7. The summed E-state index contributed by atoms with van der Waals surface area (Å²) in [4.78, 5) is 4.60. The molecule has 0 aliphatic carbocycles. The lowest BCUT2D eigenvalue weighted by Crippen LogP contribution is -2.67. The van der Waals surface area contributed by atoms with Crippen molar-refractivity contribution in [2.45, 2.75) is 71.8 Å². The fourth-order valence-corrected chi connectivity index (χ4v) is 12.0. The topological polar surface area (TPSA) is 36.3 Å². The van der Waals surface area contributed by atoms with Gasteiger partial charge in [0, 0.05) is 40.9 Å². The Kier molecular flexibility index (Phi) is 10.5. The lowest BCUT2D eigenvalue weighted by molar-refractivity contribution is -0.139. The van der Waals surface area contributed by atoms with Crippen LogP contribution in [-0.2, 0) is 22.1 Å². The molecule has 5 rings (SSSR count). The summed E-state index contributed by atoms with van der Waals surface area (Å²) in [5.74, 6) is 0. The molecule has 0 amide bonds. The molecular weight excluding hydrogens is 693 g/mol. The van der Waals surface area contributed by atoms with Gasteiger partial charge in [-0.05, 0) is 70.1 Å². The minimum Gasteiger partial charge on any atom is -0.407 e. The van der Waals surface area contributed by atoms with E-state index in [9.17, 15) is 13.2 Å². The molecule has 254 valence electrons. The highest BCUT2D eigenvalue weighted by Crippen LogP contribution is 2.43. The Balaban J connectivity index is 1.68. The highest BCUT2D eigenvalue weighted by Gasteiger charge is 2.51. The zero-order valence-corrected chi connectivity index (χ0v) is 31.2. The summed E-state index contributed by atoms with van der Waals surface area (Å²) < 4.78 is 58.2. The van der Waals surface area contributed by atoms with Gasteiger partial charge in [-0.3, -0.25) is 4.98 Å². The molecular formula is C39H44BrF3N2O2Si. The molecule has 2 aromatic heterocycles. The van der Waals surface area contributed by atoms with Gasteiger partial charge in [-0.2, -0.15) is 13.2 Å². The van der Waals surface area contributed by atoms with Crippen LogP contribution in [0, 0.1) is 5.41 Å². The van der Waals surface area contributed by atoms with E-state index in [1.807, 2.05) is 31.2 Å². The molecule has 48 heavy (non-hydrogen) atoms. The van der Waals surface area contributed by atoms with Gasteiger partial charge in [-0.25, -0.2) is 0 Å². The van der Waals surface area contributed by atoms with Crippen molar-refractivity contribution >= 4 is 45.5 Å². The Bertz CT molecular complexity index is 1810. The minimum atomic E-state index is -4.44. The van der Waals surface area contributed by atoms with Gasteiger partial charge in [0.15, 0.2) is 0 Å². The van der Waals surface area contributed by atoms with E-state index in [4.69, 9.17) is 9.16 Å². The molecule has 0 radical (unpaired) electrons. The van der Waals surface area contributed by atoms with Crippen LogP contribution in [0.1, 0.15) is 58.9 Å². The molecule has 5 aromatic rings. The van der Waals surface area contributed by atoms with Crippen molar-refractivity contribution in [2.24, 2.45) is 5.41 Å². The first-order valence-corrected chi connectivity index (χ1v) is 18.9. The second kappa shape index (κ2) is 13.9. The molecule has 0 bridgehead atoms. The van der Waals surface area contributed by atoms with Crippen molar-refractivity contribution in [1.29, 1.82) is 0 Å². The second-order valence-electron chi connectivity index (χ2n) is 14.3. The van der Waals surface area contributed by atoms with E-state index in [-0.39, 0.29) is 5.04 Å². The van der Waals surface area contributed by atoms with Gasteiger partial charge >= 0.3 is 6.18 Å². The summed E-state index contributed by atoms with van der Waals surface area (Å²) in [5.41, 5.74) is 2.59. The Labute approximate surface area is 291 Å². The second-order valence-corrected chi connectivity index (χ2v) is 19.5. The normalized spacial score (nSPS) is 13.6. The van der Waals surface area contributed by atoms with Gasteiger partial charge in [0.05, 0.1) is 17.5 Å². The Morgan fingerprint density at radius 1 is 0.854 bits per heavy atom. The maximum Gasteiger partial charge on any atom is 0.406 e. The number of nitrogens with zero attached hydrogens (tertiary/aromatic N) is 2. The maximum atomic E-state index is 14.3. The first-order valence-electron chi connectivity index (χ1n) is 16.2. The third-order valence-electron chi connectivity index (χ3n) is 9.05. The van der Waals surface area contributed by atoms with Crippen LogP contribution in [0.5, 0.6) is 0 Å². The monoisotopic (exact) mass is 736 g/mol. The molecule has 0 saturated carbocycles. The van der Waals surface area contributed by atoms with E-state index in [2.05, 4.69) is 104 Å². The van der Waals surface area contributed by atoms with Gasteiger partial charge in [0.25, 0.3) is 8.32 Å². The van der Waals surface area contributed by atoms with Crippen LogP contribution in [0.3, 0.4) is 0 Å². The molecule has 4 nitrogen and oxygen atoms in total. The van der Waals surface area contributed by atoms with E-state index < -0.39 is 32.6 Å². The van der Waals surface area contributed by atoms with E-state index in [0.717, 1.165) is 15.4 Å². The largest absolute Gasteiger partial charge is 0.407 e. The van der Waals surface area contributed by atoms with E-state index in [0.29, 0.717) is 35.5 Å². The van der Waals surface area contributed by atoms with Crippen LogP contribution < -0.4 is 10.4 Å². The van der Waals surface area contributed by atoms with Crippen molar-refractivity contribution in [2.75, 3.05) is 13.7 Å². The SMILES string of the molecule is COC(C)c1ncccc1-c1c(CC(C)(C)CO[Si](c2ccccc2)(c2ccccc2)C(C)(C)C)c2cc(Br)ccc2n1CC(F)(F)F. The summed E-state index contributed by atoms with van der Waals surface area (Å²) in [5, 5.41) is 2.91. The Hall–Kier alpha value is -3.24. The molecule has 2 heterocycles. The molecule has 0 N–H and O–H groups in total. The smallest absolute Gasteiger partial charge is 0.406 e. The van der Waals surface area contributed by atoms with Gasteiger partial charge < -0.3 is 13.7 Å². The number of benzene rings is 3. The quantitative estimate of drug-likeness (QED) is 0.127. The number of ether oxygens (including phenoxy) is 1. The summed E-state index contributed by atoms with van der Waals surface area (Å²) >= 11 is 3.59. The van der Waals surface area contributed by atoms with Crippen molar-refractivity contribution in [3.05, 3.63) is 113 Å². The van der Waals surface area contributed by atoms with Crippen LogP contribution in [-0.4, -0.2) is 37.8 Å². The van der Waals surface area contributed by atoms with Crippen molar-refractivity contribution < 1.29 is 22.3 Å². The first kappa shape index (κ1) is 36.0. The lowest BCUT2D eigenvalue weighted by Gasteiger charge is -2.44. The molecule has 1 unspecified atom stereocenters. The van der Waals surface area contributed by atoms with Crippen LogP contribution >= 0.6 is 15.9 Å². The molecule has 0 fully saturated rings. The number of alkyl halides is 3. The van der Waals surface area contributed by atoms with Crippen LogP contribution in [0.4, 0.5) is 13.2 Å². The van der Waals surface area contributed by atoms with E-state index in [1.54, 1.807) is 31.5 Å². The predicted molar refractivity (Wildman–Crippen MR) is 195 cm³/mol. The number of pyridine rings is 1. The highest BCUT2D eigenvalue weighted by atomic mass is 79.9. The summed E-state index contributed by atoms with van der Waals surface area (Å²) in [7, 11) is -1.28. The number of aromatic nitrogens is 2. The predicted octanol–water partition coefficient (Wildman–Crippen LogP) is 9.88. The molecule has 9 heteroatoms. The average molecular weight is 738 g/mol. The number of hydrogen-bond acceptors (Lipinski definition) is 3. The standard InChI is InChI=1S/C39H44BrF3N2O2Si/c1-27(46-7)35-31(19-14-22-44-35)36-33(32-23-28(40)20-21-34(32)45(36)25-39(41,42)43)24-38(5,6)26-47-48(37(2,3)4,29-15-10-8-11-16-29)30-17-12-9-13-18-30/h8-23,27H,24-26H2,1-7H3. The lowest BCUT2D eigenvalue weighted by atomic mass is 9.84. The van der Waals surface area contributed by atoms with Gasteiger partial charge in [-0.1, -0.05) is 111 Å². The number of fused-ring (bicyclic) bond motifs is 1. The Morgan fingerprint density at radius 3 is 2.00 bits per heavy atom. The molecule has 0 spiro atoms. The summed E-state index contributed by atoms with van der Waals surface area (Å²) in [6.07, 6.45) is -2.75. The Morgan fingerprint density at radius 2 is 1.46 bits per heavy atom. The van der Waals surface area contributed by atoms with Gasteiger partial charge in [0.2, 0.25) is 0 Å². The summed E-state index contributed by atoms with van der Waals surface area (Å²) in [6, 6.07) is 30.1. The van der Waals surface area contributed by atoms with E-state index in [1.165, 1.54) is 14.9 Å². The van der Waals surface area contributed by atoms with Crippen molar-refractivity contribution in [3.63, 3.8) is 0 Å². The van der Waals surface area contributed by atoms with Crippen LogP contribution in [0.25, 0.3) is 22.2 Å². The van der Waals surface area contributed by atoms with Crippen molar-refractivity contribution in [3.8, 4) is 11.3 Å². The van der Waals surface area contributed by atoms with Crippen molar-refractivity contribution in [1.82, 2.24) is 9.55 Å². The zero-order chi connectivity index (χ0) is 34.9. The van der Waals surface area contributed by atoms with Gasteiger partial charge in [0.1, 0.15) is 6.54 Å². The van der Waals surface area contributed by atoms with Gasteiger partial charge in [-0.15, -0.1) is 0 Å². The van der Waals surface area contributed by atoms with E-state index >= 15 is 0 Å². The van der Waals surface area contributed by atoms with Crippen LogP contribution in [0.2, 0.25) is 5.04 Å². The third-order valence-corrected chi connectivity index (χ3v) is 14.5. The summed E-state index contributed by atoms with van der Waals surface area (Å²) in [6.45, 7) is 12.1. The molecule has 0 aliphatic heterocycles. The maximum absolute atomic E-state index is 14.3. The molecule has 0 aliphatic rings. The van der Waals surface area contributed by atoms with Crippen LogP contribution in [0.15, 0.2) is 102 Å². The minimum absolute atomic E-state index is 0.217. The number of halogens is 4. The fourth-order valence-electron chi connectivity index (χ4n) is 6.87. The molecule has 0 saturated heterocycles. The third kappa shape index (κ3) is 7.34. The fraction of sp³-hybridized carbons (Fsp3) is 0.359. The number of hydrogen-bond donors (Lipinski definition) is 0. The molecule has 3 aromatic carbocycles. The number of rotatable bonds is 11.